The fraction of sp³-hybridized carbons (Fsp3) is 0.316. The first-order valence-electron chi connectivity index (χ1n) is 7.75. The summed E-state index contributed by atoms with van der Waals surface area (Å²) in [5.41, 5.74) is 3.17. The normalized spacial score (nSPS) is 12.0. The molecule has 0 unspecified atom stereocenters. The van der Waals surface area contributed by atoms with E-state index in [1.54, 1.807) is 25.3 Å². The number of carbonyl (C=O) groups is 1. The van der Waals surface area contributed by atoms with Crippen LogP contribution in [0.3, 0.4) is 0 Å². The highest BCUT2D eigenvalue weighted by Gasteiger charge is 2.13. The number of carbonyl (C=O) groups excluding carboxylic acids is 1. The molecule has 122 valence electrons. The maximum absolute atomic E-state index is 12.4. The first-order chi connectivity index (χ1) is 11.0. The molecule has 0 saturated heterocycles. The van der Waals surface area contributed by atoms with E-state index in [0.717, 1.165) is 23.1 Å². The Bertz CT molecular complexity index is 682. The molecular weight excluding hydrogens is 290 g/mol. The van der Waals surface area contributed by atoms with Crippen molar-refractivity contribution in [3.8, 4) is 16.9 Å². The molecule has 23 heavy (non-hydrogen) atoms. The molecule has 0 fully saturated rings. The predicted molar refractivity (Wildman–Crippen MR) is 91.7 cm³/mol. The van der Waals surface area contributed by atoms with Crippen LogP contribution in [0.4, 0.5) is 0 Å². The van der Waals surface area contributed by atoms with E-state index in [2.05, 4.69) is 5.32 Å². The van der Waals surface area contributed by atoms with Crippen LogP contribution in [0, 0.1) is 6.92 Å². The Hall–Kier alpha value is -2.33. The van der Waals surface area contributed by atoms with Gasteiger partial charge in [-0.2, -0.15) is 0 Å². The van der Waals surface area contributed by atoms with Gasteiger partial charge in [-0.3, -0.25) is 4.79 Å². The van der Waals surface area contributed by atoms with Gasteiger partial charge < -0.3 is 15.2 Å². The van der Waals surface area contributed by atoms with Crippen molar-refractivity contribution in [1.29, 1.82) is 0 Å². The molecule has 2 aromatic rings. The van der Waals surface area contributed by atoms with Gasteiger partial charge >= 0.3 is 0 Å². The van der Waals surface area contributed by atoms with Crippen LogP contribution in [-0.2, 0) is 4.74 Å². The molecule has 4 heteroatoms. The smallest absolute Gasteiger partial charge is 0.251 e. The summed E-state index contributed by atoms with van der Waals surface area (Å²) in [5, 5.41) is 13.0. The molecule has 0 spiro atoms. The lowest BCUT2D eigenvalue weighted by Crippen LogP contribution is -2.37. The van der Waals surface area contributed by atoms with E-state index >= 15 is 0 Å². The van der Waals surface area contributed by atoms with E-state index in [4.69, 9.17) is 4.74 Å². The molecule has 0 saturated carbocycles. The van der Waals surface area contributed by atoms with Crippen molar-refractivity contribution in [2.45, 2.75) is 26.3 Å². The van der Waals surface area contributed by atoms with Crippen LogP contribution in [0.1, 0.15) is 29.3 Å². The lowest BCUT2D eigenvalue weighted by Gasteiger charge is -2.16. The van der Waals surface area contributed by atoms with Gasteiger partial charge in [0.2, 0.25) is 0 Å². The van der Waals surface area contributed by atoms with Gasteiger partial charge in [0.25, 0.3) is 5.91 Å². The molecule has 0 radical (unpaired) electrons. The second-order valence-corrected chi connectivity index (χ2v) is 5.64. The Kier molecular flexibility index (Phi) is 5.77. The fourth-order valence-electron chi connectivity index (χ4n) is 2.44. The summed E-state index contributed by atoms with van der Waals surface area (Å²) in [6.45, 7) is 4.46. The number of hydrogen-bond acceptors (Lipinski definition) is 3. The summed E-state index contributed by atoms with van der Waals surface area (Å²) in [6.07, 6.45) is 0.804. The third kappa shape index (κ3) is 4.33. The second kappa shape index (κ2) is 7.79. The van der Waals surface area contributed by atoms with Gasteiger partial charge in [-0.05, 0) is 43.2 Å². The topological polar surface area (TPSA) is 58.6 Å². The molecule has 2 N–H and O–H groups in total. The molecule has 0 aliphatic rings. The Morgan fingerprint density at radius 3 is 2.74 bits per heavy atom. The third-order valence-corrected chi connectivity index (χ3v) is 3.78. The summed E-state index contributed by atoms with van der Waals surface area (Å²) in [7, 11) is 1.62. The number of phenolic OH excluding ortho intramolecular Hbond substituents is 1. The van der Waals surface area contributed by atoms with Crippen molar-refractivity contribution < 1.29 is 14.6 Å². The summed E-state index contributed by atoms with van der Waals surface area (Å²) < 4.78 is 5.11. The maximum Gasteiger partial charge on any atom is 0.251 e. The molecular formula is C19H23NO3. The zero-order valence-corrected chi connectivity index (χ0v) is 13.8. The number of amides is 1. The average molecular weight is 313 g/mol. The van der Waals surface area contributed by atoms with E-state index in [0.29, 0.717) is 12.2 Å². The summed E-state index contributed by atoms with van der Waals surface area (Å²) in [4.78, 5) is 12.4. The Balaban J connectivity index is 2.26. The number of hydrogen-bond donors (Lipinski definition) is 2. The lowest BCUT2D eigenvalue weighted by atomic mass is 10.00. The standard InChI is InChI=1S/C19H23NO3/c1-4-16(12-23-3)20-19(22)15-7-5-6-14(11-15)17-10-13(2)8-9-18(17)21/h5-11,16,21H,4,12H2,1-3H3,(H,20,22)/t16-/m0/s1. The highest BCUT2D eigenvalue weighted by molar-refractivity contribution is 5.95. The molecule has 1 amide bonds. The van der Waals surface area contributed by atoms with E-state index in [1.807, 2.05) is 38.1 Å². The molecule has 0 aliphatic carbocycles. The van der Waals surface area contributed by atoms with E-state index in [1.165, 1.54) is 0 Å². The predicted octanol–water partition coefficient (Wildman–Crippen LogP) is 3.52. The van der Waals surface area contributed by atoms with Crippen molar-refractivity contribution >= 4 is 5.91 Å². The van der Waals surface area contributed by atoms with Crippen LogP contribution in [0.2, 0.25) is 0 Å². The largest absolute Gasteiger partial charge is 0.507 e. The van der Waals surface area contributed by atoms with Gasteiger partial charge in [-0.1, -0.05) is 30.7 Å². The van der Waals surface area contributed by atoms with Crippen LogP contribution in [0.5, 0.6) is 5.75 Å². The minimum absolute atomic E-state index is 0.0106. The fourth-order valence-corrected chi connectivity index (χ4v) is 2.44. The average Bonchev–Trinajstić information content (AvgIpc) is 2.56. The molecule has 2 aromatic carbocycles. The molecule has 2 rings (SSSR count). The number of phenols is 1. The van der Waals surface area contributed by atoms with Crippen LogP contribution in [-0.4, -0.2) is 30.8 Å². The van der Waals surface area contributed by atoms with Gasteiger partial charge in [0.15, 0.2) is 0 Å². The first kappa shape index (κ1) is 17.0. The number of benzene rings is 2. The van der Waals surface area contributed by atoms with Gasteiger partial charge in [0.1, 0.15) is 5.75 Å². The third-order valence-electron chi connectivity index (χ3n) is 3.78. The van der Waals surface area contributed by atoms with Crippen LogP contribution < -0.4 is 5.32 Å². The minimum Gasteiger partial charge on any atom is -0.507 e. The quantitative estimate of drug-likeness (QED) is 0.858. The van der Waals surface area contributed by atoms with Crippen molar-refractivity contribution in [1.82, 2.24) is 5.32 Å². The van der Waals surface area contributed by atoms with Crippen molar-refractivity contribution in [3.05, 3.63) is 53.6 Å². The van der Waals surface area contributed by atoms with Crippen molar-refractivity contribution in [2.24, 2.45) is 0 Å². The number of aryl methyl sites for hydroxylation is 1. The SMILES string of the molecule is CC[C@@H](COC)NC(=O)c1cccc(-c2cc(C)ccc2O)c1. The number of rotatable bonds is 6. The first-order valence-corrected chi connectivity index (χ1v) is 7.75. The van der Waals surface area contributed by atoms with Crippen LogP contribution in [0.25, 0.3) is 11.1 Å². The van der Waals surface area contributed by atoms with Crippen LogP contribution in [0.15, 0.2) is 42.5 Å². The number of methoxy groups -OCH3 is 1. The maximum atomic E-state index is 12.4. The highest BCUT2D eigenvalue weighted by Crippen LogP contribution is 2.30. The minimum atomic E-state index is -0.136. The lowest BCUT2D eigenvalue weighted by molar-refractivity contribution is 0.0894. The van der Waals surface area contributed by atoms with Crippen LogP contribution >= 0.6 is 0 Å². The zero-order valence-electron chi connectivity index (χ0n) is 13.8. The van der Waals surface area contributed by atoms with Gasteiger partial charge in [-0.25, -0.2) is 0 Å². The second-order valence-electron chi connectivity index (χ2n) is 5.64. The van der Waals surface area contributed by atoms with Gasteiger partial charge in [-0.15, -0.1) is 0 Å². The molecule has 0 aliphatic heterocycles. The summed E-state index contributed by atoms with van der Waals surface area (Å²) >= 11 is 0. The Morgan fingerprint density at radius 2 is 2.04 bits per heavy atom. The van der Waals surface area contributed by atoms with E-state index < -0.39 is 0 Å². The molecule has 0 bridgehead atoms. The summed E-state index contributed by atoms with van der Waals surface area (Å²) in [5.74, 6) is 0.0712. The van der Waals surface area contributed by atoms with E-state index in [-0.39, 0.29) is 17.7 Å². The monoisotopic (exact) mass is 313 g/mol. The number of aromatic hydroxyl groups is 1. The molecule has 1 atom stereocenters. The van der Waals surface area contributed by atoms with Crippen molar-refractivity contribution in [3.63, 3.8) is 0 Å². The molecule has 4 nitrogen and oxygen atoms in total. The number of ether oxygens (including phenoxy) is 1. The molecule has 0 aromatic heterocycles. The van der Waals surface area contributed by atoms with E-state index in [9.17, 15) is 9.90 Å². The summed E-state index contributed by atoms with van der Waals surface area (Å²) in [6, 6.07) is 12.7. The number of nitrogens with one attached hydrogen (secondary N) is 1. The van der Waals surface area contributed by atoms with Gasteiger partial charge in [0.05, 0.1) is 12.6 Å². The molecule has 0 heterocycles. The van der Waals surface area contributed by atoms with Gasteiger partial charge in [0, 0.05) is 18.2 Å². The zero-order chi connectivity index (χ0) is 16.8. The Morgan fingerprint density at radius 1 is 1.26 bits per heavy atom. The Labute approximate surface area is 137 Å². The highest BCUT2D eigenvalue weighted by atomic mass is 16.5. The van der Waals surface area contributed by atoms with Crippen molar-refractivity contribution in [2.75, 3.05) is 13.7 Å².